The lowest BCUT2D eigenvalue weighted by atomic mass is 10.3. The molecule has 0 saturated carbocycles. The highest BCUT2D eigenvalue weighted by Crippen LogP contribution is 2.15. The number of hydrogen-bond donors (Lipinski definition) is 2. The molecule has 2 amide bonds. The van der Waals surface area contributed by atoms with Gasteiger partial charge in [-0.15, -0.1) is 0 Å². The number of nitrogens with one attached hydrogen (secondary N) is 2. The molecule has 1 fully saturated rings. The summed E-state index contributed by atoms with van der Waals surface area (Å²) in [5.41, 5.74) is 0.134. The Morgan fingerprint density at radius 1 is 1.18 bits per heavy atom. The topological polar surface area (TPSA) is 95.5 Å². The van der Waals surface area contributed by atoms with Crippen LogP contribution in [0.5, 0.6) is 0 Å². The average Bonchev–Trinajstić information content (AvgIpc) is 2.69. The SMILES string of the molecule is CN(C)c1nc(CNC(=O)Nc2ccc(F)c(F)c2)nc(N2CCOCC2)n1. The normalized spacial score (nSPS) is 13.9. The van der Waals surface area contributed by atoms with Crippen LogP contribution in [0.1, 0.15) is 5.82 Å². The molecule has 1 aliphatic rings. The number of urea groups is 1. The highest BCUT2D eigenvalue weighted by atomic mass is 19.2. The second kappa shape index (κ2) is 8.74. The van der Waals surface area contributed by atoms with Crippen LogP contribution >= 0.6 is 0 Å². The number of ether oxygens (including phenoxy) is 1. The molecule has 2 N–H and O–H groups in total. The molecular weight excluding hydrogens is 372 g/mol. The van der Waals surface area contributed by atoms with Gasteiger partial charge in [-0.05, 0) is 12.1 Å². The molecular formula is C17H21F2N7O2. The van der Waals surface area contributed by atoms with E-state index >= 15 is 0 Å². The minimum absolute atomic E-state index is 0.0379. The molecule has 1 saturated heterocycles. The van der Waals surface area contributed by atoms with Crippen molar-refractivity contribution in [3.05, 3.63) is 35.7 Å². The maximum Gasteiger partial charge on any atom is 0.319 e. The summed E-state index contributed by atoms with van der Waals surface area (Å²) >= 11 is 0. The van der Waals surface area contributed by atoms with Gasteiger partial charge in [0.15, 0.2) is 17.5 Å². The molecule has 150 valence electrons. The molecule has 1 aromatic carbocycles. The second-order valence-corrected chi connectivity index (χ2v) is 6.28. The molecule has 28 heavy (non-hydrogen) atoms. The summed E-state index contributed by atoms with van der Waals surface area (Å²) in [5.74, 6) is -0.668. The first-order valence-electron chi connectivity index (χ1n) is 8.67. The van der Waals surface area contributed by atoms with Crippen molar-refractivity contribution in [1.82, 2.24) is 20.3 Å². The van der Waals surface area contributed by atoms with Gasteiger partial charge >= 0.3 is 6.03 Å². The van der Waals surface area contributed by atoms with Crippen molar-refractivity contribution in [3.8, 4) is 0 Å². The van der Waals surface area contributed by atoms with Crippen LogP contribution in [-0.2, 0) is 11.3 Å². The molecule has 2 heterocycles. The van der Waals surface area contributed by atoms with E-state index in [4.69, 9.17) is 4.74 Å². The predicted molar refractivity (Wildman–Crippen MR) is 99.4 cm³/mol. The summed E-state index contributed by atoms with van der Waals surface area (Å²) in [6.07, 6.45) is 0. The van der Waals surface area contributed by atoms with E-state index in [0.29, 0.717) is 44.0 Å². The van der Waals surface area contributed by atoms with Gasteiger partial charge in [0.1, 0.15) is 0 Å². The fraction of sp³-hybridized carbons (Fsp3) is 0.412. The third-order valence-electron chi connectivity index (χ3n) is 3.94. The lowest BCUT2D eigenvalue weighted by Gasteiger charge is -2.27. The van der Waals surface area contributed by atoms with Crippen LogP contribution in [0.3, 0.4) is 0 Å². The van der Waals surface area contributed by atoms with Crippen LogP contribution in [0.15, 0.2) is 18.2 Å². The molecule has 2 aromatic rings. The Bertz CT molecular complexity index is 844. The van der Waals surface area contributed by atoms with E-state index < -0.39 is 17.7 Å². The number of aromatic nitrogens is 3. The molecule has 0 unspecified atom stereocenters. The van der Waals surface area contributed by atoms with Gasteiger partial charge in [-0.1, -0.05) is 0 Å². The van der Waals surface area contributed by atoms with Crippen LogP contribution in [0.2, 0.25) is 0 Å². The Kier molecular flexibility index (Phi) is 6.14. The Hall–Kier alpha value is -3.08. The molecule has 0 spiro atoms. The van der Waals surface area contributed by atoms with Crippen molar-refractivity contribution >= 4 is 23.6 Å². The number of carbonyl (C=O) groups excluding carboxylic acids is 1. The van der Waals surface area contributed by atoms with E-state index in [-0.39, 0.29) is 12.2 Å². The van der Waals surface area contributed by atoms with Gasteiger partial charge in [0.2, 0.25) is 11.9 Å². The number of hydrogen-bond acceptors (Lipinski definition) is 7. The minimum Gasteiger partial charge on any atom is -0.378 e. The van der Waals surface area contributed by atoms with Crippen molar-refractivity contribution in [2.24, 2.45) is 0 Å². The van der Waals surface area contributed by atoms with E-state index in [0.717, 1.165) is 12.1 Å². The Balaban J connectivity index is 1.67. The molecule has 1 aromatic heterocycles. The number of amides is 2. The third kappa shape index (κ3) is 5.00. The van der Waals surface area contributed by atoms with Gasteiger partial charge in [0.05, 0.1) is 19.8 Å². The number of nitrogens with zero attached hydrogens (tertiary/aromatic N) is 5. The minimum atomic E-state index is -1.04. The zero-order chi connectivity index (χ0) is 20.1. The molecule has 0 bridgehead atoms. The third-order valence-corrected chi connectivity index (χ3v) is 3.94. The number of halogens is 2. The summed E-state index contributed by atoms with van der Waals surface area (Å²) in [5, 5.41) is 5.03. The number of morpholine rings is 1. The van der Waals surface area contributed by atoms with Crippen LogP contribution in [0.25, 0.3) is 0 Å². The predicted octanol–water partition coefficient (Wildman–Crippen LogP) is 1.37. The van der Waals surface area contributed by atoms with Crippen molar-refractivity contribution in [2.75, 3.05) is 55.5 Å². The Labute approximate surface area is 160 Å². The first kappa shape index (κ1) is 19.7. The zero-order valence-corrected chi connectivity index (χ0v) is 15.6. The maximum absolute atomic E-state index is 13.2. The summed E-state index contributed by atoms with van der Waals surface area (Å²) in [7, 11) is 3.62. The Morgan fingerprint density at radius 3 is 2.61 bits per heavy atom. The zero-order valence-electron chi connectivity index (χ0n) is 15.6. The lowest BCUT2D eigenvalue weighted by molar-refractivity contribution is 0.122. The average molecular weight is 393 g/mol. The summed E-state index contributed by atoms with van der Waals surface area (Å²) in [6, 6.07) is 2.51. The van der Waals surface area contributed by atoms with E-state index in [9.17, 15) is 13.6 Å². The van der Waals surface area contributed by atoms with Crippen LogP contribution in [0.4, 0.5) is 31.2 Å². The summed E-state index contributed by atoms with van der Waals surface area (Å²) < 4.78 is 31.5. The molecule has 0 aliphatic carbocycles. The number of carbonyl (C=O) groups is 1. The van der Waals surface area contributed by atoms with Gasteiger partial charge in [-0.2, -0.15) is 15.0 Å². The number of anilines is 3. The molecule has 0 radical (unpaired) electrons. The highest BCUT2D eigenvalue weighted by Gasteiger charge is 2.17. The first-order valence-corrected chi connectivity index (χ1v) is 8.67. The molecule has 1 aliphatic heterocycles. The van der Waals surface area contributed by atoms with E-state index in [1.54, 1.807) is 4.90 Å². The fourth-order valence-electron chi connectivity index (χ4n) is 2.49. The standard InChI is InChI=1S/C17H21F2N7O2/c1-25(2)15-22-14(23-16(24-15)26-5-7-28-8-6-26)10-20-17(27)21-11-3-4-12(18)13(19)9-11/h3-4,9H,5-8,10H2,1-2H3,(H2,20,21,27). The number of rotatable bonds is 5. The molecule has 9 nitrogen and oxygen atoms in total. The van der Waals surface area contributed by atoms with Gasteiger partial charge in [0.25, 0.3) is 0 Å². The van der Waals surface area contributed by atoms with Gasteiger partial charge < -0.3 is 25.2 Å². The van der Waals surface area contributed by atoms with Gasteiger partial charge in [-0.25, -0.2) is 13.6 Å². The van der Waals surface area contributed by atoms with Crippen molar-refractivity contribution in [1.29, 1.82) is 0 Å². The number of benzene rings is 1. The summed E-state index contributed by atoms with van der Waals surface area (Å²) in [6.45, 7) is 2.55. The maximum atomic E-state index is 13.2. The lowest BCUT2D eigenvalue weighted by Crippen LogP contribution is -2.38. The molecule has 3 rings (SSSR count). The van der Waals surface area contributed by atoms with Crippen LogP contribution < -0.4 is 20.4 Å². The van der Waals surface area contributed by atoms with E-state index in [1.165, 1.54) is 6.07 Å². The summed E-state index contributed by atoms with van der Waals surface area (Å²) in [4.78, 5) is 29.0. The van der Waals surface area contributed by atoms with Gasteiger partial charge in [0, 0.05) is 38.9 Å². The highest BCUT2D eigenvalue weighted by molar-refractivity contribution is 5.89. The second-order valence-electron chi connectivity index (χ2n) is 6.28. The molecule has 0 atom stereocenters. The van der Waals surface area contributed by atoms with Crippen molar-refractivity contribution in [2.45, 2.75) is 6.54 Å². The van der Waals surface area contributed by atoms with E-state index in [2.05, 4.69) is 25.6 Å². The quantitative estimate of drug-likeness (QED) is 0.792. The van der Waals surface area contributed by atoms with Crippen LogP contribution in [-0.4, -0.2) is 61.4 Å². The molecule has 11 heteroatoms. The Morgan fingerprint density at radius 2 is 1.93 bits per heavy atom. The largest absolute Gasteiger partial charge is 0.378 e. The van der Waals surface area contributed by atoms with Gasteiger partial charge in [-0.3, -0.25) is 0 Å². The van der Waals surface area contributed by atoms with E-state index in [1.807, 2.05) is 19.0 Å². The smallest absolute Gasteiger partial charge is 0.319 e. The monoisotopic (exact) mass is 393 g/mol. The van der Waals surface area contributed by atoms with Crippen LogP contribution in [0, 0.1) is 11.6 Å². The fourth-order valence-corrected chi connectivity index (χ4v) is 2.49. The van der Waals surface area contributed by atoms with Crippen molar-refractivity contribution < 1.29 is 18.3 Å². The van der Waals surface area contributed by atoms with Crippen molar-refractivity contribution in [3.63, 3.8) is 0 Å². The first-order chi connectivity index (χ1) is 13.4.